The average molecular weight is 245 g/mol. The molecule has 0 heterocycles. The van der Waals surface area contributed by atoms with Crippen molar-refractivity contribution in [2.24, 2.45) is 5.84 Å². The predicted molar refractivity (Wildman–Crippen MR) is 69.1 cm³/mol. The molecule has 3 N–H and O–H groups in total. The molecular weight excluding hydrogens is 228 g/mol. The lowest BCUT2D eigenvalue weighted by atomic mass is 10.1. The topological polar surface area (TPSA) is 38.0 Å². The first kappa shape index (κ1) is 12.8. The minimum atomic E-state index is 0.190. The van der Waals surface area contributed by atoms with Crippen molar-refractivity contribution in [3.8, 4) is 0 Å². The van der Waals surface area contributed by atoms with Crippen molar-refractivity contribution in [1.82, 2.24) is 5.43 Å². The summed E-state index contributed by atoms with van der Waals surface area (Å²) in [5, 5.41) is 1.37. The van der Waals surface area contributed by atoms with E-state index in [4.69, 9.17) is 17.4 Å². The van der Waals surface area contributed by atoms with Gasteiger partial charge in [-0.05, 0) is 22.9 Å². The third-order valence-corrected chi connectivity index (χ3v) is 3.51. The Morgan fingerprint density at radius 1 is 1.33 bits per heavy atom. The largest absolute Gasteiger partial charge is 0.271 e. The predicted octanol–water partition coefficient (Wildman–Crippen LogP) is 2.99. The van der Waals surface area contributed by atoms with Gasteiger partial charge in [-0.25, -0.2) is 0 Å². The van der Waals surface area contributed by atoms with Crippen LogP contribution in [0.5, 0.6) is 0 Å². The zero-order valence-electron chi connectivity index (χ0n) is 9.03. The minimum Gasteiger partial charge on any atom is -0.271 e. The van der Waals surface area contributed by atoms with Crippen LogP contribution in [0.25, 0.3) is 0 Å². The Balaban J connectivity index is 2.61. The molecule has 0 aromatic heterocycles. The molecule has 2 nitrogen and oxygen atoms in total. The Bertz CT molecular complexity index is 287. The highest BCUT2D eigenvalue weighted by atomic mass is 35.5. The van der Waals surface area contributed by atoms with Crippen LogP contribution in [0.3, 0.4) is 0 Å². The number of rotatable bonds is 5. The van der Waals surface area contributed by atoms with Crippen molar-refractivity contribution in [3.63, 3.8) is 0 Å². The minimum absolute atomic E-state index is 0.190. The molecule has 0 amide bonds. The zero-order valence-corrected chi connectivity index (χ0v) is 10.6. The molecule has 0 spiro atoms. The first-order chi connectivity index (χ1) is 7.13. The first-order valence-corrected chi connectivity index (χ1v) is 6.39. The van der Waals surface area contributed by atoms with Gasteiger partial charge in [0, 0.05) is 10.8 Å². The van der Waals surface area contributed by atoms with Crippen LogP contribution in [-0.4, -0.2) is 11.0 Å². The molecule has 1 unspecified atom stereocenters. The molecular formula is C11H17ClN2S. The van der Waals surface area contributed by atoms with E-state index in [1.54, 1.807) is 0 Å². The fraction of sp³-hybridized carbons (Fsp3) is 0.455. The van der Waals surface area contributed by atoms with Crippen LogP contribution < -0.4 is 11.3 Å². The van der Waals surface area contributed by atoms with Gasteiger partial charge in [0.15, 0.2) is 0 Å². The standard InChI is InChI=1S/C11H17ClN2S/c1-8(2)15-7-11(14-13)9-3-5-10(12)6-4-9/h3-6,8,11,14H,7,13H2,1-2H3. The number of nitrogens with two attached hydrogens (primary N) is 1. The van der Waals surface area contributed by atoms with Crippen LogP contribution >= 0.6 is 23.4 Å². The van der Waals surface area contributed by atoms with E-state index in [1.165, 1.54) is 5.56 Å². The van der Waals surface area contributed by atoms with Crippen LogP contribution in [0.1, 0.15) is 25.5 Å². The fourth-order valence-corrected chi connectivity index (χ4v) is 2.22. The summed E-state index contributed by atoms with van der Waals surface area (Å²) in [4.78, 5) is 0. The van der Waals surface area contributed by atoms with Gasteiger partial charge < -0.3 is 0 Å². The van der Waals surface area contributed by atoms with Crippen LogP contribution in [-0.2, 0) is 0 Å². The van der Waals surface area contributed by atoms with Gasteiger partial charge in [0.1, 0.15) is 0 Å². The molecule has 0 aliphatic heterocycles. The number of hydrazine groups is 1. The van der Waals surface area contributed by atoms with Crippen molar-refractivity contribution >= 4 is 23.4 Å². The van der Waals surface area contributed by atoms with Gasteiger partial charge in [-0.1, -0.05) is 37.6 Å². The van der Waals surface area contributed by atoms with E-state index in [0.717, 1.165) is 10.8 Å². The number of benzene rings is 1. The molecule has 4 heteroatoms. The second-order valence-corrected chi connectivity index (χ2v) is 5.70. The Kier molecular flexibility index (Phi) is 5.47. The molecule has 84 valence electrons. The van der Waals surface area contributed by atoms with E-state index < -0.39 is 0 Å². The van der Waals surface area contributed by atoms with E-state index >= 15 is 0 Å². The highest BCUT2D eigenvalue weighted by Crippen LogP contribution is 2.21. The summed E-state index contributed by atoms with van der Waals surface area (Å²) in [6, 6.07) is 7.99. The zero-order chi connectivity index (χ0) is 11.3. The van der Waals surface area contributed by atoms with Crippen LogP contribution in [0.4, 0.5) is 0 Å². The smallest absolute Gasteiger partial charge is 0.0550 e. The highest BCUT2D eigenvalue weighted by Gasteiger charge is 2.10. The summed E-state index contributed by atoms with van der Waals surface area (Å²) >= 11 is 7.72. The van der Waals surface area contributed by atoms with Gasteiger partial charge in [-0.3, -0.25) is 11.3 Å². The summed E-state index contributed by atoms with van der Waals surface area (Å²) in [5.74, 6) is 6.50. The maximum atomic E-state index is 5.83. The third kappa shape index (κ3) is 4.43. The lowest BCUT2D eigenvalue weighted by molar-refractivity contribution is 0.610. The van der Waals surface area contributed by atoms with Crippen LogP contribution in [0.2, 0.25) is 5.02 Å². The lowest BCUT2D eigenvalue weighted by Gasteiger charge is -2.17. The third-order valence-electron chi connectivity index (χ3n) is 2.07. The molecule has 1 aromatic carbocycles. The summed E-state index contributed by atoms with van der Waals surface area (Å²) in [6.07, 6.45) is 0. The highest BCUT2D eigenvalue weighted by molar-refractivity contribution is 7.99. The molecule has 0 aliphatic rings. The van der Waals surface area contributed by atoms with Gasteiger partial charge in [-0.2, -0.15) is 11.8 Å². The second-order valence-electron chi connectivity index (χ2n) is 3.65. The van der Waals surface area contributed by atoms with Gasteiger partial charge in [0.25, 0.3) is 0 Å². The number of hydrogen-bond donors (Lipinski definition) is 2. The maximum absolute atomic E-state index is 5.83. The summed E-state index contributed by atoms with van der Waals surface area (Å²) in [6.45, 7) is 4.36. The SMILES string of the molecule is CC(C)SCC(NN)c1ccc(Cl)cc1. The second kappa shape index (κ2) is 6.38. The van der Waals surface area contributed by atoms with E-state index in [2.05, 4.69) is 19.3 Å². The molecule has 0 saturated heterocycles. The molecule has 1 atom stereocenters. The monoisotopic (exact) mass is 244 g/mol. The summed E-state index contributed by atoms with van der Waals surface area (Å²) < 4.78 is 0. The quantitative estimate of drug-likeness (QED) is 0.618. The molecule has 0 saturated carbocycles. The Morgan fingerprint density at radius 2 is 1.93 bits per heavy atom. The Morgan fingerprint density at radius 3 is 2.40 bits per heavy atom. The van der Waals surface area contributed by atoms with E-state index in [-0.39, 0.29) is 6.04 Å². The molecule has 0 aliphatic carbocycles. The number of thioether (sulfide) groups is 1. The van der Waals surface area contributed by atoms with Crippen LogP contribution in [0, 0.1) is 0 Å². The summed E-state index contributed by atoms with van der Waals surface area (Å²) in [5.41, 5.74) is 4.01. The van der Waals surface area contributed by atoms with Crippen molar-refractivity contribution in [1.29, 1.82) is 0 Å². The van der Waals surface area contributed by atoms with Crippen molar-refractivity contribution in [2.75, 3.05) is 5.75 Å². The fourth-order valence-electron chi connectivity index (χ4n) is 1.22. The van der Waals surface area contributed by atoms with Crippen molar-refractivity contribution in [3.05, 3.63) is 34.9 Å². The average Bonchev–Trinajstić information content (AvgIpc) is 2.21. The molecule has 0 bridgehead atoms. The Labute approximate surface area is 101 Å². The molecule has 1 rings (SSSR count). The van der Waals surface area contributed by atoms with Crippen molar-refractivity contribution in [2.45, 2.75) is 25.1 Å². The number of hydrogen-bond acceptors (Lipinski definition) is 3. The van der Waals surface area contributed by atoms with E-state index in [1.807, 2.05) is 36.0 Å². The molecule has 0 radical (unpaired) electrons. The Hall–Kier alpha value is -0.220. The van der Waals surface area contributed by atoms with Gasteiger partial charge >= 0.3 is 0 Å². The van der Waals surface area contributed by atoms with Crippen LogP contribution in [0.15, 0.2) is 24.3 Å². The molecule has 15 heavy (non-hydrogen) atoms. The maximum Gasteiger partial charge on any atom is 0.0550 e. The molecule has 0 fully saturated rings. The van der Waals surface area contributed by atoms with Gasteiger partial charge in [0.2, 0.25) is 0 Å². The van der Waals surface area contributed by atoms with E-state index in [0.29, 0.717) is 5.25 Å². The normalized spacial score (nSPS) is 13.1. The molecule has 1 aromatic rings. The van der Waals surface area contributed by atoms with Gasteiger partial charge in [0.05, 0.1) is 6.04 Å². The number of nitrogens with one attached hydrogen (secondary N) is 1. The number of halogens is 1. The van der Waals surface area contributed by atoms with Gasteiger partial charge in [-0.15, -0.1) is 0 Å². The van der Waals surface area contributed by atoms with E-state index in [9.17, 15) is 0 Å². The first-order valence-electron chi connectivity index (χ1n) is 4.96. The summed E-state index contributed by atoms with van der Waals surface area (Å²) in [7, 11) is 0. The van der Waals surface area contributed by atoms with Crippen molar-refractivity contribution < 1.29 is 0 Å². The lowest BCUT2D eigenvalue weighted by Crippen LogP contribution is -2.30.